The van der Waals surface area contributed by atoms with Gasteiger partial charge < -0.3 is 25.0 Å². The van der Waals surface area contributed by atoms with Gasteiger partial charge in [0.15, 0.2) is 0 Å². The van der Waals surface area contributed by atoms with Crippen LogP contribution in [-0.2, 0) is 19.1 Å². The molecule has 1 aliphatic rings. The van der Waals surface area contributed by atoms with Crippen LogP contribution in [0.5, 0.6) is 0 Å². The van der Waals surface area contributed by atoms with Crippen LogP contribution < -0.4 is 5.32 Å². The monoisotopic (exact) mass is 413 g/mol. The van der Waals surface area contributed by atoms with E-state index < -0.39 is 23.7 Å². The number of carboxylic acid groups (broad SMARTS) is 1. The third-order valence-electron chi connectivity index (χ3n) is 4.60. The van der Waals surface area contributed by atoms with Crippen molar-refractivity contribution in [2.24, 2.45) is 11.8 Å². The number of likely N-dealkylation sites (tertiary alicyclic amines) is 1. The number of ether oxygens (including phenoxy) is 1. The molecule has 1 saturated heterocycles. The molecule has 0 radical (unpaired) electrons. The van der Waals surface area contributed by atoms with Crippen LogP contribution in [0.3, 0.4) is 0 Å². The third kappa shape index (κ3) is 8.70. The summed E-state index contributed by atoms with van der Waals surface area (Å²) in [5.74, 6) is -1.56. The Labute approximate surface area is 172 Å². The number of aliphatic carboxylic acids is 1. The van der Waals surface area contributed by atoms with Crippen LogP contribution >= 0.6 is 0 Å². The molecular formula is C20H35N3O6. The molecular weight excluding hydrogens is 378 g/mol. The van der Waals surface area contributed by atoms with Crippen molar-refractivity contribution in [2.45, 2.75) is 65.5 Å². The van der Waals surface area contributed by atoms with Crippen molar-refractivity contribution in [3.8, 4) is 0 Å². The van der Waals surface area contributed by atoms with E-state index in [-0.39, 0.29) is 30.2 Å². The summed E-state index contributed by atoms with van der Waals surface area (Å²) in [6.07, 6.45) is 0.792. The Morgan fingerprint density at radius 3 is 2.17 bits per heavy atom. The zero-order valence-electron chi connectivity index (χ0n) is 18.4. The van der Waals surface area contributed by atoms with Crippen molar-refractivity contribution in [3.63, 3.8) is 0 Å². The highest BCUT2D eigenvalue weighted by molar-refractivity contribution is 5.86. The van der Waals surface area contributed by atoms with E-state index in [9.17, 15) is 19.2 Å². The summed E-state index contributed by atoms with van der Waals surface area (Å²) in [6.45, 7) is 9.66. The lowest BCUT2D eigenvalue weighted by atomic mass is 9.94. The molecule has 1 atom stereocenters. The zero-order valence-corrected chi connectivity index (χ0v) is 18.4. The smallest absolute Gasteiger partial charge is 0.408 e. The molecule has 0 spiro atoms. The second-order valence-corrected chi connectivity index (χ2v) is 9.02. The number of carboxylic acids is 1. The standard InChI is InChI=1S/C20H35N3O6/c1-13(2)11-15(21-19(28)29-20(3,4)5)18(27)23-9-7-14(8-10-23)17(26)22(6)12-16(24)25/h13-15H,7-12H2,1-6H3,(H,21,28)(H,24,25)/t15-/m0/s1. The number of alkyl carbamates (subject to hydrolysis) is 1. The van der Waals surface area contributed by atoms with E-state index in [0.29, 0.717) is 32.4 Å². The van der Waals surface area contributed by atoms with Crippen molar-refractivity contribution in [1.82, 2.24) is 15.1 Å². The molecule has 0 aliphatic carbocycles. The minimum atomic E-state index is -1.06. The van der Waals surface area contributed by atoms with Gasteiger partial charge >= 0.3 is 12.1 Å². The molecule has 1 fully saturated rings. The Kier molecular flexibility index (Phi) is 8.91. The fraction of sp³-hybridized carbons (Fsp3) is 0.800. The molecule has 0 aromatic carbocycles. The first-order valence-corrected chi connectivity index (χ1v) is 10.0. The quantitative estimate of drug-likeness (QED) is 0.656. The lowest BCUT2D eigenvalue weighted by Crippen LogP contribution is -2.53. The van der Waals surface area contributed by atoms with Crippen LogP contribution in [0.2, 0.25) is 0 Å². The molecule has 0 aromatic rings. The van der Waals surface area contributed by atoms with Gasteiger partial charge in [0.2, 0.25) is 11.8 Å². The summed E-state index contributed by atoms with van der Waals surface area (Å²) in [7, 11) is 1.47. The Morgan fingerprint density at radius 2 is 1.72 bits per heavy atom. The van der Waals surface area contributed by atoms with Crippen LogP contribution in [0.15, 0.2) is 0 Å². The van der Waals surface area contributed by atoms with Crippen LogP contribution in [0.25, 0.3) is 0 Å². The summed E-state index contributed by atoms with van der Waals surface area (Å²) in [5.41, 5.74) is -0.657. The fourth-order valence-corrected chi connectivity index (χ4v) is 3.30. The van der Waals surface area contributed by atoms with Crippen LogP contribution in [0.1, 0.15) is 53.9 Å². The van der Waals surface area contributed by atoms with E-state index in [2.05, 4.69) is 5.32 Å². The Bertz CT molecular complexity index is 606. The van der Waals surface area contributed by atoms with Gasteiger partial charge in [-0.05, 0) is 46.0 Å². The number of nitrogens with one attached hydrogen (secondary N) is 1. The Hall–Kier alpha value is -2.32. The highest BCUT2D eigenvalue weighted by Crippen LogP contribution is 2.21. The van der Waals surface area contributed by atoms with Crippen molar-refractivity contribution < 1.29 is 29.0 Å². The molecule has 0 saturated carbocycles. The number of likely N-dealkylation sites (N-methyl/N-ethyl adjacent to an activating group) is 1. The molecule has 166 valence electrons. The minimum Gasteiger partial charge on any atom is -0.480 e. The van der Waals surface area contributed by atoms with Gasteiger partial charge in [-0.2, -0.15) is 0 Å². The second kappa shape index (κ2) is 10.5. The number of piperidine rings is 1. The number of hydrogen-bond donors (Lipinski definition) is 2. The topological polar surface area (TPSA) is 116 Å². The van der Waals surface area contributed by atoms with Gasteiger partial charge in [0.05, 0.1) is 0 Å². The van der Waals surface area contributed by atoms with Gasteiger partial charge in [-0.1, -0.05) is 13.8 Å². The van der Waals surface area contributed by atoms with Crippen molar-refractivity contribution >= 4 is 23.9 Å². The van der Waals surface area contributed by atoms with E-state index in [1.54, 1.807) is 25.7 Å². The average molecular weight is 414 g/mol. The second-order valence-electron chi connectivity index (χ2n) is 9.02. The van der Waals surface area contributed by atoms with E-state index in [4.69, 9.17) is 9.84 Å². The summed E-state index contributed by atoms with van der Waals surface area (Å²) >= 11 is 0. The average Bonchev–Trinajstić information content (AvgIpc) is 2.57. The molecule has 9 nitrogen and oxygen atoms in total. The summed E-state index contributed by atoms with van der Waals surface area (Å²) in [6, 6.07) is -0.688. The molecule has 3 amide bonds. The third-order valence-corrected chi connectivity index (χ3v) is 4.60. The maximum atomic E-state index is 13.0. The molecule has 9 heteroatoms. The van der Waals surface area contributed by atoms with E-state index >= 15 is 0 Å². The summed E-state index contributed by atoms with van der Waals surface area (Å²) in [5, 5.41) is 11.5. The molecule has 0 unspecified atom stereocenters. The number of rotatable bonds is 7. The normalized spacial score (nSPS) is 16.3. The summed E-state index contributed by atoms with van der Waals surface area (Å²) < 4.78 is 5.27. The molecule has 29 heavy (non-hydrogen) atoms. The summed E-state index contributed by atoms with van der Waals surface area (Å²) in [4.78, 5) is 51.1. The number of amides is 3. The lowest BCUT2D eigenvalue weighted by Gasteiger charge is -2.35. The highest BCUT2D eigenvalue weighted by atomic mass is 16.6. The number of nitrogens with zero attached hydrogens (tertiary/aromatic N) is 2. The molecule has 0 bridgehead atoms. The fourth-order valence-electron chi connectivity index (χ4n) is 3.30. The van der Waals surface area contributed by atoms with Crippen LogP contribution in [0.4, 0.5) is 4.79 Å². The van der Waals surface area contributed by atoms with Gasteiger partial charge in [0.1, 0.15) is 18.2 Å². The number of carbonyl (C=O) groups is 4. The predicted molar refractivity (Wildman–Crippen MR) is 107 cm³/mol. The van der Waals surface area contributed by atoms with Gasteiger partial charge in [-0.25, -0.2) is 4.79 Å². The van der Waals surface area contributed by atoms with Crippen LogP contribution in [-0.4, -0.2) is 77.1 Å². The lowest BCUT2D eigenvalue weighted by molar-refractivity contribution is -0.146. The number of carbonyl (C=O) groups excluding carboxylic acids is 3. The SMILES string of the molecule is CC(C)C[C@H](NC(=O)OC(C)(C)C)C(=O)N1CCC(C(=O)N(C)CC(=O)O)CC1. The van der Waals surface area contributed by atoms with Gasteiger partial charge in [-0.3, -0.25) is 14.4 Å². The maximum Gasteiger partial charge on any atom is 0.408 e. The molecule has 1 rings (SSSR count). The Balaban J connectivity index is 2.69. The Morgan fingerprint density at radius 1 is 1.17 bits per heavy atom. The highest BCUT2D eigenvalue weighted by Gasteiger charge is 2.33. The molecule has 1 heterocycles. The number of hydrogen-bond acceptors (Lipinski definition) is 5. The van der Waals surface area contributed by atoms with Crippen molar-refractivity contribution in [2.75, 3.05) is 26.7 Å². The first-order chi connectivity index (χ1) is 13.3. The van der Waals surface area contributed by atoms with Gasteiger partial charge in [0.25, 0.3) is 0 Å². The van der Waals surface area contributed by atoms with E-state index in [0.717, 1.165) is 0 Å². The van der Waals surface area contributed by atoms with Crippen molar-refractivity contribution in [3.05, 3.63) is 0 Å². The largest absolute Gasteiger partial charge is 0.480 e. The molecule has 0 aromatic heterocycles. The predicted octanol–water partition coefficient (Wildman–Crippen LogP) is 1.71. The minimum absolute atomic E-state index is 0.186. The zero-order chi connectivity index (χ0) is 22.4. The maximum absolute atomic E-state index is 13.0. The first-order valence-electron chi connectivity index (χ1n) is 10.0. The van der Waals surface area contributed by atoms with E-state index in [1.165, 1.54) is 11.9 Å². The molecule has 1 aliphatic heterocycles. The first kappa shape index (κ1) is 24.7. The van der Waals surface area contributed by atoms with Gasteiger partial charge in [0, 0.05) is 26.1 Å². The van der Waals surface area contributed by atoms with Gasteiger partial charge in [-0.15, -0.1) is 0 Å². The molecule has 2 N–H and O–H groups in total. The van der Waals surface area contributed by atoms with Crippen molar-refractivity contribution in [1.29, 1.82) is 0 Å². The van der Waals surface area contributed by atoms with E-state index in [1.807, 2.05) is 13.8 Å². The van der Waals surface area contributed by atoms with Crippen LogP contribution in [0, 0.1) is 11.8 Å².